The smallest absolute Gasteiger partial charge is 0.192 e. The Bertz CT molecular complexity index is 529. The summed E-state index contributed by atoms with van der Waals surface area (Å²) in [7, 11) is -3.78. The molecule has 1 aliphatic carbocycles. The summed E-state index contributed by atoms with van der Waals surface area (Å²) in [6, 6.07) is 0. The van der Waals surface area contributed by atoms with Crippen molar-refractivity contribution in [2.75, 3.05) is 6.61 Å². The third-order valence-corrected chi connectivity index (χ3v) is 17.0. The van der Waals surface area contributed by atoms with Crippen molar-refractivity contribution in [3.8, 4) is 0 Å². The van der Waals surface area contributed by atoms with Crippen molar-refractivity contribution in [3.63, 3.8) is 0 Å². The number of carbonyl (C=O) groups is 1. The first-order chi connectivity index (χ1) is 12.4. The van der Waals surface area contributed by atoms with Crippen LogP contribution in [-0.2, 0) is 13.6 Å². The second kappa shape index (κ2) is 9.03. The van der Waals surface area contributed by atoms with Crippen LogP contribution >= 0.6 is 0 Å². The van der Waals surface area contributed by atoms with E-state index in [1.807, 2.05) is 0 Å². The zero-order valence-electron chi connectivity index (χ0n) is 20.9. The maximum absolute atomic E-state index is 12.6. The highest BCUT2D eigenvalue weighted by Gasteiger charge is 2.47. The van der Waals surface area contributed by atoms with Crippen LogP contribution in [0, 0.1) is 17.8 Å². The number of Topliss-reactive ketones (excluding diaryl/α,β-unsaturated/α-hetero) is 1. The molecule has 0 spiro atoms. The van der Waals surface area contributed by atoms with E-state index in [0.717, 1.165) is 13.0 Å². The third kappa shape index (κ3) is 6.26. The SMILES string of the molecule is CCC(C)[C@@H]1CC(=O)C[C@H](O[Si](C)(C)C(C)(C)C)[C@H]1CO[Si](C)(C)C(C)(C)C. The van der Waals surface area contributed by atoms with Gasteiger partial charge in [0.1, 0.15) is 5.78 Å². The van der Waals surface area contributed by atoms with E-state index in [-0.39, 0.29) is 16.2 Å². The molecule has 4 atom stereocenters. The van der Waals surface area contributed by atoms with Gasteiger partial charge in [0, 0.05) is 25.4 Å². The Balaban J connectivity index is 3.16. The molecule has 28 heavy (non-hydrogen) atoms. The van der Waals surface area contributed by atoms with Gasteiger partial charge in [-0.1, -0.05) is 61.8 Å². The molecule has 0 radical (unpaired) electrons. The lowest BCUT2D eigenvalue weighted by molar-refractivity contribution is -0.129. The molecule has 3 nitrogen and oxygen atoms in total. The number of carbonyl (C=O) groups excluding carboxylic acids is 1. The highest BCUT2D eigenvalue weighted by Crippen LogP contribution is 2.44. The van der Waals surface area contributed by atoms with E-state index in [4.69, 9.17) is 8.85 Å². The van der Waals surface area contributed by atoms with Crippen molar-refractivity contribution in [1.29, 1.82) is 0 Å². The van der Waals surface area contributed by atoms with Gasteiger partial charge in [-0.05, 0) is 48.1 Å². The summed E-state index contributed by atoms with van der Waals surface area (Å²) in [5, 5.41) is 0.337. The predicted octanol–water partition coefficient (Wildman–Crippen LogP) is 7.04. The molecule has 0 heterocycles. The summed E-state index contributed by atoms with van der Waals surface area (Å²) in [6.07, 6.45) is 2.36. The van der Waals surface area contributed by atoms with Gasteiger partial charge in [-0.15, -0.1) is 0 Å². The zero-order valence-corrected chi connectivity index (χ0v) is 22.9. The molecule has 1 rings (SSSR count). The molecule has 0 aromatic carbocycles. The van der Waals surface area contributed by atoms with Crippen LogP contribution < -0.4 is 0 Å². The molecule has 0 aromatic rings. The molecule has 0 saturated heterocycles. The first-order valence-corrected chi connectivity index (χ1v) is 17.1. The van der Waals surface area contributed by atoms with Crippen LogP contribution in [0.2, 0.25) is 36.3 Å². The van der Waals surface area contributed by atoms with Gasteiger partial charge in [-0.3, -0.25) is 4.79 Å². The fraction of sp³-hybridized carbons (Fsp3) is 0.957. The monoisotopic (exact) mass is 428 g/mol. The highest BCUT2D eigenvalue weighted by atomic mass is 28.4. The normalized spacial score (nSPS) is 26.4. The Hall–Kier alpha value is 0.0238. The van der Waals surface area contributed by atoms with Gasteiger partial charge in [0.15, 0.2) is 16.6 Å². The molecule has 0 aromatic heterocycles. The van der Waals surface area contributed by atoms with E-state index < -0.39 is 16.6 Å². The van der Waals surface area contributed by atoms with Crippen molar-refractivity contribution in [1.82, 2.24) is 0 Å². The molecule has 0 aliphatic heterocycles. The van der Waals surface area contributed by atoms with E-state index >= 15 is 0 Å². The van der Waals surface area contributed by atoms with Crippen LogP contribution in [0.5, 0.6) is 0 Å². The predicted molar refractivity (Wildman–Crippen MR) is 126 cm³/mol. The zero-order chi connectivity index (χ0) is 22.1. The molecule has 0 amide bonds. The van der Waals surface area contributed by atoms with Gasteiger partial charge in [-0.2, -0.15) is 0 Å². The van der Waals surface area contributed by atoms with Crippen molar-refractivity contribution >= 4 is 22.4 Å². The molecule has 1 unspecified atom stereocenters. The second-order valence-electron chi connectivity index (χ2n) is 12.1. The lowest BCUT2D eigenvalue weighted by Gasteiger charge is -2.47. The van der Waals surface area contributed by atoms with Gasteiger partial charge in [0.2, 0.25) is 0 Å². The molecule has 1 aliphatic rings. The van der Waals surface area contributed by atoms with Crippen LogP contribution in [0.4, 0.5) is 0 Å². The van der Waals surface area contributed by atoms with Gasteiger partial charge in [0.05, 0.1) is 6.10 Å². The minimum absolute atomic E-state index is 0.00547. The van der Waals surface area contributed by atoms with Gasteiger partial charge in [-0.25, -0.2) is 0 Å². The Kier molecular flexibility index (Phi) is 8.40. The van der Waals surface area contributed by atoms with Crippen LogP contribution in [-0.4, -0.2) is 35.1 Å². The summed E-state index contributed by atoms with van der Waals surface area (Å²) >= 11 is 0. The summed E-state index contributed by atoms with van der Waals surface area (Å²) in [6.45, 7) is 28.2. The second-order valence-corrected chi connectivity index (χ2v) is 21.7. The maximum Gasteiger partial charge on any atom is 0.192 e. The van der Waals surface area contributed by atoms with E-state index in [1.54, 1.807) is 0 Å². The number of hydrogen-bond donors (Lipinski definition) is 0. The Morgan fingerprint density at radius 1 is 0.964 bits per heavy atom. The Morgan fingerprint density at radius 3 is 1.89 bits per heavy atom. The summed E-state index contributed by atoms with van der Waals surface area (Å²) in [5.41, 5.74) is 0. The largest absolute Gasteiger partial charge is 0.416 e. The number of rotatable bonds is 7. The average molecular weight is 429 g/mol. The first kappa shape index (κ1) is 26.1. The molecular formula is C23H48O3Si2. The highest BCUT2D eigenvalue weighted by molar-refractivity contribution is 6.74. The van der Waals surface area contributed by atoms with E-state index in [1.165, 1.54) is 0 Å². The lowest BCUT2D eigenvalue weighted by atomic mass is 9.70. The number of hydrogen-bond acceptors (Lipinski definition) is 3. The fourth-order valence-corrected chi connectivity index (χ4v) is 5.92. The lowest BCUT2D eigenvalue weighted by Crippen LogP contribution is -2.52. The molecule has 5 heteroatoms. The third-order valence-electron chi connectivity index (χ3n) is 7.99. The summed E-state index contributed by atoms with van der Waals surface area (Å²) in [5.74, 6) is 1.57. The summed E-state index contributed by atoms with van der Waals surface area (Å²) in [4.78, 5) is 12.6. The molecule has 166 valence electrons. The summed E-state index contributed by atoms with van der Waals surface area (Å²) < 4.78 is 13.5. The van der Waals surface area contributed by atoms with E-state index in [2.05, 4.69) is 81.6 Å². The standard InChI is InChI=1S/C23H48O3Si2/c1-13-17(2)19-14-18(24)15-21(26-28(11,12)23(6,7)8)20(19)16-25-27(9,10)22(3,4)5/h17,19-21H,13-16H2,1-12H3/t17?,19-,20-,21-/m0/s1. The van der Waals surface area contributed by atoms with Crippen LogP contribution in [0.15, 0.2) is 0 Å². The number of ketones is 1. The van der Waals surface area contributed by atoms with Crippen LogP contribution in [0.3, 0.4) is 0 Å². The van der Waals surface area contributed by atoms with Gasteiger partial charge >= 0.3 is 0 Å². The van der Waals surface area contributed by atoms with Crippen molar-refractivity contribution < 1.29 is 13.6 Å². The van der Waals surface area contributed by atoms with Crippen LogP contribution in [0.25, 0.3) is 0 Å². The minimum Gasteiger partial charge on any atom is -0.416 e. The van der Waals surface area contributed by atoms with Crippen LogP contribution in [0.1, 0.15) is 74.7 Å². The molecule has 1 fully saturated rings. The average Bonchev–Trinajstić information content (AvgIpc) is 2.50. The minimum atomic E-state index is -1.95. The molecule has 0 N–H and O–H groups in total. The van der Waals surface area contributed by atoms with Crippen molar-refractivity contribution in [3.05, 3.63) is 0 Å². The quantitative estimate of drug-likeness (QED) is 0.408. The van der Waals surface area contributed by atoms with Gasteiger partial charge in [0.25, 0.3) is 0 Å². The Labute approximate surface area is 177 Å². The van der Waals surface area contributed by atoms with E-state index in [0.29, 0.717) is 36.4 Å². The molecule has 1 saturated carbocycles. The maximum atomic E-state index is 12.6. The fourth-order valence-electron chi connectivity index (χ4n) is 3.51. The molecule has 0 bridgehead atoms. The van der Waals surface area contributed by atoms with Crippen molar-refractivity contribution in [2.45, 2.75) is 117 Å². The van der Waals surface area contributed by atoms with Crippen molar-refractivity contribution in [2.24, 2.45) is 17.8 Å². The molecular weight excluding hydrogens is 380 g/mol. The topological polar surface area (TPSA) is 35.5 Å². The first-order valence-electron chi connectivity index (χ1n) is 11.3. The van der Waals surface area contributed by atoms with E-state index in [9.17, 15) is 4.79 Å². The van der Waals surface area contributed by atoms with Gasteiger partial charge < -0.3 is 8.85 Å². The Morgan fingerprint density at radius 2 is 1.46 bits per heavy atom.